The van der Waals surface area contributed by atoms with Gasteiger partial charge in [0.1, 0.15) is 60.3 Å². The van der Waals surface area contributed by atoms with E-state index in [1.54, 1.807) is 27.7 Å². The molecule has 0 saturated carbocycles. The van der Waals surface area contributed by atoms with Gasteiger partial charge in [0.15, 0.2) is 5.96 Å². The summed E-state index contributed by atoms with van der Waals surface area (Å²) in [4.78, 5) is 123. The number of aromatic hydroxyl groups is 2. The van der Waals surface area contributed by atoms with E-state index in [0.29, 0.717) is 11.1 Å². The van der Waals surface area contributed by atoms with Crippen molar-refractivity contribution in [1.82, 2.24) is 37.2 Å². The van der Waals surface area contributed by atoms with Crippen LogP contribution in [0.1, 0.15) is 77.3 Å². The zero-order chi connectivity index (χ0) is 53.4. The number of carboxylic acid groups (broad SMARTS) is 2. The predicted molar refractivity (Wildman–Crippen MR) is 257 cm³/mol. The fourth-order valence-corrected chi connectivity index (χ4v) is 6.88. The minimum Gasteiger partial charge on any atom is -0.508 e. The molecular formula is C46H69N11O14. The van der Waals surface area contributed by atoms with Crippen LogP contribution >= 0.6 is 0 Å². The van der Waals surface area contributed by atoms with Crippen molar-refractivity contribution in [2.24, 2.45) is 34.0 Å². The number of amides is 7. The lowest BCUT2D eigenvalue weighted by Gasteiger charge is -2.28. The molecule has 0 unspecified atom stereocenters. The Morgan fingerprint density at radius 3 is 1.31 bits per heavy atom. The van der Waals surface area contributed by atoms with Crippen molar-refractivity contribution < 1.29 is 68.7 Å². The van der Waals surface area contributed by atoms with E-state index >= 15 is 0 Å². The lowest BCUT2D eigenvalue weighted by atomic mass is 9.99. The molecule has 0 fully saturated rings. The van der Waals surface area contributed by atoms with Crippen LogP contribution in [0.3, 0.4) is 0 Å². The van der Waals surface area contributed by atoms with Crippen molar-refractivity contribution >= 4 is 59.2 Å². The van der Waals surface area contributed by atoms with Crippen LogP contribution in [0.25, 0.3) is 0 Å². The Morgan fingerprint density at radius 2 is 0.915 bits per heavy atom. The number of guanidine groups is 1. The number of rotatable bonds is 31. The number of nitrogens with zero attached hydrogens (tertiary/aromatic N) is 1. The molecule has 25 nitrogen and oxygen atoms in total. The number of carbonyl (C=O) groups is 9. The molecular weight excluding hydrogens is 931 g/mol. The Balaban J connectivity index is 2.58. The highest BCUT2D eigenvalue weighted by atomic mass is 16.4. The third-order valence-corrected chi connectivity index (χ3v) is 10.5. The molecule has 2 aromatic carbocycles. The molecule has 7 atom stereocenters. The normalized spacial score (nSPS) is 14.0. The summed E-state index contributed by atoms with van der Waals surface area (Å²) in [6.07, 6.45) is -1.40. The zero-order valence-corrected chi connectivity index (χ0v) is 40.2. The van der Waals surface area contributed by atoms with E-state index in [2.05, 4.69) is 42.2 Å². The van der Waals surface area contributed by atoms with E-state index in [0.717, 1.165) is 0 Å². The second kappa shape index (κ2) is 30.2. The largest absolute Gasteiger partial charge is 0.508 e. The van der Waals surface area contributed by atoms with Crippen LogP contribution in [0.15, 0.2) is 53.5 Å². The van der Waals surface area contributed by atoms with Gasteiger partial charge >= 0.3 is 11.9 Å². The number of phenols is 2. The molecule has 2 rings (SSSR count). The summed E-state index contributed by atoms with van der Waals surface area (Å²) >= 11 is 0. The maximum absolute atomic E-state index is 14.5. The van der Waals surface area contributed by atoms with Gasteiger partial charge in [0.25, 0.3) is 0 Å². The van der Waals surface area contributed by atoms with Gasteiger partial charge in [0.05, 0.1) is 6.61 Å². The molecule has 0 aliphatic carbocycles. The summed E-state index contributed by atoms with van der Waals surface area (Å²) in [5.74, 6) is -9.87. The molecule has 0 heterocycles. The van der Waals surface area contributed by atoms with Gasteiger partial charge in [-0.3, -0.25) is 48.1 Å². The van der Waals surface area contributed by atoms with Gasteiger partial charge < -0.3 is 80.0 Å². The molecule has 7 amide bonds. The fraction of sp³-hybridized carbons (Fsp3) is 0.522. The molecule has 0 saturated heterocycles. The third-order valence-electron chi connectivity index (χ3n) is 10.5. The van der Waals surface area contributed by atoms with Crippen molar-refractivity contribution in [3.63, 3.8) is 0 Å². The highest BCUT2D eigenvalue weighted by Crippen LogP contribution is 2.16. The number of carbonyl (C=O) groups excluding carboxylic acids is 7. The molecule has 0 aliphatic heterocycles. The molecule has 18 N–H and O–H groups in total. The second-order valence-electron chi connectivity index (χ2n) is 17.6. The van der Waals surface area contributed by atoms with Crippen LogP contribution < -0.4 is 54.4 Å². The van der Waals surface area contributed by atoms with Gasteiger partial charge in [-0.05, 0) is 79.3 Å². The van der Waals surface area contributed by atoms with Gasteiger partial charge in [-0.15, -0.1) is 0 Å². The highest BCUT2D eigenvalue weighted by Gasteiger charge is 2.35. The Morgan fingerprint density at radius 1 is 0.535 bits per heavy atom. The number of hydrogen-bond donors (Lipinski definition) is 15. The molecule has 0 spiro atoms. The van der Waals surface area contributed by atoms with Crippen molar-refractivity contribution in [3.05, 3.63) is 59.7 Å². The first-order chi connectivity index (χ1) is 33.4. The first-order valence-electron chi connectivity index (χ1n) is 22.9. The lowest BCUT2D eigenvalue weighted by molar-refractivity contribution is -0.140. The third kappa shape index (κ3) is 23.1. The number of nitrogens with two attached hydrogens (primary N) is 3. The van der Waals surface area contributed by atoms with Crippen LogP contribution in [0.4, 0.5) is 0 Å². The average molecular weight is 1000 g/mol. The standard InChI is InChI=1S/C46H69N11O14/c1-24(2)18-33(54-39(65)30(47)23-58)42(68)52-31(6-5-17-50-46(48)49)41(67)56-36(21-27-9-13-29(60)14-10-27)45(71)55-34(19-25(3)4)43(69)57-35(20-26-7-11-28(59)12-8-26)44(70)53-32(15-16-37(61)62)40(66)51-22-38(63)64/h7-14,24-25,30-36,58-60H,5-6,15-23,47H2,1-4H3,(H,51,66)(H,52,68)(H,53,70)(H,54,65)(H,55,71)(H,56,67)(H,57,69)(H,61,62)(H,63,64)(H4,48,49,50)/t30-,31-,32-,33-,34-,35-,36-/m0/s1. The van der Waals surface area contributed by atoms with Gasteiger partial charge in [-0.25, -0.2) is 0 Å². The van der Waals surface area contributed by atoms with Gasteiger partial charge in [-0.1, -0.05) is 52.0 Å². The van der Waals surface area contributed by atoms with Gasteiger partial charge in [0, 0.05) is 25.8 Å². The van der Waals surface area contributed by atoms with Crippen molar-refractivity contribution in [3.8, 4) is 11.5 Å². The van der Waals surface area contributed by atoms with E-state index in [9.17, 15) is 63.6 Å². The maximum Gasteiger partial charge on any atom is 0.322 e. The summed E-state index contributed by atoms with van der Waals surface area (Å²) in [6, 6.07) is 1.36. The monoisotopic (exact) mass is 1000 g/mol. The SMILES string of the molecule is CC(C)C[C@H](NC(=O)[C@H](Cc1ccc(O)cc1)NC(=O)[C@H](CCCN=C(N)N)NC(=O)[C@H](CC(C)C)NC(=O)[C@@H](N)CO)C(=O)N[C@@H](Cc1ccc(O)cc1)C(=O)N[C@@H](CCC(=O)O)C(=O)NCC(=O)O. The first-order valence-corrected chi connectivity index (χ1v) is 22.9. The number of nitrogens with one attached hydrogen (secondary N) is 7. The summed E-state index contributed by atoms with van der Waals surface area (Å²) in [6.45, 7) is 5.56. The Labute approximate surface area is 410 Å². The number of benzene rings is 2. The Bertz CT molecular complexity index is 2150. The van der Waals surface area contributed by atoms with E-state index in [1.165, 1.54) is 48.5 Å². The van der Waals surface area contributed by atoms with Crippen molar-refractivity contribution in [2.45, 2.75) is 121 Å². The number of phenolic OH excluding ortho intramolecular Hbond substituents is 2. The highest BCUT2D eigenvalue weighted by molar-refractivity contribution is 5.97. The molecule has 2 aromatic rings. The number of aliphatic hydroxyl groups is 1. The lowest BCUT2D eigenvalue weighted by Crippen LogP contribution is -2.60. The van der Waals surface area contributed by atoms with E-state index in [-0.39, 0.29) is 74.4 Å². The maximum atomic E-state index is 14.5. The zero-order valence-electron chi connectivity index (χ0n) is 40.2. The van der Waals surface area contributed by atoms with E-state index in [4.69, 9.17) is 22.3 Å². The molecule has 0 aliphatic rings. The molecule has 71 heavy (non-hydrogen) atoms. The molecule has 0 radical (unpaired) electrons. The minimum absolute atomic E-state index is 0.0315. The molecule has 392 valence electrons. The Kier molecular flexibility index (Phi) is 25.3. The number of aliphatic carboxylic acids is 2. The summed E-state index contributed by atoms with van der Waals surface area (Å²) in [5, 5.41) is 65.2. The summed E-state index contributed by atoms with van der Waals surface area (Å²) < 4.78 is 0. The smallest absolute Gasteiger partial charge is 0.322 e. The fourth-order valence-electron chi connectivity index (χ4n) is 6.88. The molecule has 0 aromatic heterocycles. The van der Waals surface area contributed by atoms with Crippen LogP contribution in [0.2, 0.25) is 0 Å². The number of aliphatic hydroxyl groups excluding tert-OH is 1. The summed E-state index contributed by atoms with van der Waals surface area (Å²) in [5.41, 5.74) is 17.5. The van der Waals surface area contributed by atoms with Crippen molar-refractivity contribution in [2.75, 3.05) is 19.7 Å². The van der Waals surface area contributed by atoms with Crippen LogP contribution in [-0.2, 0) is 56.0 Å². The molecule has 0 bridgehead atoms. The minimum atomic E-state index is -1.56. The quantitative estimate of drug-likeness (QED) is 0.0208. The van der Waals surface area contributed by atoms with Crippen LogP contribution in [0, 0.1) is 11.8 Å². The topological polar surface area (TPSA) is 429 Å². The first kappa shape index (κ1) is 59.6. The van der Waals surface area contributed by atoms with Crippen molar-refractivity contribution in [1.29, 1.82) is 0 Å². The van der Waals surface area contributed by atoms with Gasteiger partial charge in [-0.2, -0.15) is 0 Å². The van der Waals surface area contributed by atoms with Gasteiger partial charge in [0.2, 0.25) is 41.4 Å². The average Bonchev–Trinajstić information content (AvgIpc) is 3.29. The predicted octanol–water partition coefficient (Wildman–Crippen LogP) is -2.68. The number of aliphatic imine (C=N–C) groups is 1. The van der Waals surface area contributed by atoms with Crippen LogP contribution in [-0.4, -0.2) is 147 Å². The second-order valence-corrected chi connectivity index (χ2v) is 17.6. The number of hydrogen-bond acceptors (Lipinski definition) is 14. The Hall–Kier alpha value is -7.54. The number of carboxylic acids is 2. The summed E-state index contributed by atoms with van der Waals surface area (Å²) in [7, 11) is 0. The van der Waals surface area contributed by atoms with Crippen LogP contribution in [0.5, 0.6) is 11.5 Å². The molecule has 25 heteroatoms. The van der Waals surface area contributed by atoms with E-state index < -0.39 is 122 Å². The van der Waals surface area contributed by atoms with E-state index in [1.807, 2.05) is 0 Å².